The molecule has 1 aromatic rings. The number of aromatic nitrogens is 2. The van der Waals surface area contributed by atoms with Gasteiger partial charge in [0.1, 0.15) is 5.82 Å². The molecule has 1 aliphatic heterocycles. The highest BCUT2D eigenvalue weighted by molar-refractivity contribution is 9.08. The molecule has 0 aliphatic carbocycles. The van der Waals surface area contributed by atoms with Gasteiger partial charge in [0.25, 0.3) is 0 Å². The quantitative estimate of drug-likeness (QED) is 0.782. The summed E-state index contributed by atoms with van der Waals surface area (Å²) in [5.74, 6) is 0.414. The highest BCUT2D eigenvalue weighted by Crippen LogP contribution is 2.51. The van der Waals surface area contributed by atoms with Gasteiger partial charge >= 0.3 is 11.8 Å². The van der Waals surface area contributed by atoms with Crippen LogP contribution in [0.15, 0.2) is 22.6 Å². The molecule has 0 amide bonds. The zero-order valence-corrected chi connectivity index (χ0v) is 8.75. The fraction of sp³-hybridized carbons (Fsp3) is 0.429. The topological polar surface area (TPSA) is 50.5 Å². The summed E-state index contributed by atoms with van der Waals surface area (Å²) in [7, 11) is 0. The molecule has 1 aromatic heterocycles. The first-order chi connectivity index (χ1) is 6.99. The molecule has 2 heterocycles. The van der Waals surface area contributed by atoms with Crippen LogP contribution in [0.3, 0.4) is 0 Å². The second-order valence-electron chi connectivity index (χ2n) is 2.89. The molecule has 15 heavy (non-hydrogen) atoms. The van der Waals surface area contributed by atoms with Crippen LogP contribution in [-0.4, -0.2) is 16.1 Å². The SMILES string of the molecule is FC(F)(F)C1(c2cnc(CBr)nc2)N=N1. The molecule has 4 nitrogen and oxygen atoms in total. The monoisotopic (exact) mass is 280 g/mol. The predicted octanol–water partition coefficient (Wildman–Crippen LogP) is 2.55. The Hall–Kier alpha value is -1.05. The lowest BCUT2D eigenvalue weighted by atomic mass is 10.1. The van der Waals surface area contributed by atoms with Gasteiger partial charge in [-0.05, 0) is 0 Å². The van der Waals surface area contributed by atoms with Gasteiger partial charge in [-0.15, -0.1) is 10.2 Å². The van der Waals surface area contributed by atoms with E-state index in [0.29, 0.717) is 11.2 Å². The second-order valence-corrected chi connectivity index (χ2v) is 3.45. The van der Waals surface area contributed by atoms with E-state index in [1.807, 2.05) is 0 Å². The largest absolute Gasteiger partial charge is 0.442 e. The number of nitrogens with zero attached hydrogens (tertiary/aromatic N) is 4. The first-order valence-electron chi connectivity index (χ1n) is 3.88. The molecule has 0 saturated heterocycles. The zero-order chi connectivity index (χ0) is 11.1. The van der Waals surface area contributed by atoms with Gasteiger partial charge in [0, 0.05) is 12.4 Å². The van der Waals surface area contributed by atoms with Gasteiger partial charge in [-0.1, -0.05) is 15.9 Å². The van der Waals surface area contributed by atoms with Crippen LogP contribution in [0.5, 0.6) is 0 Å². The molecule has 0 N–H and O–H groups in total. The summed E-state index contributed by atoms with van der Waals surface area (Å²) >= 11 is 3.09. The lowest BCUT2D eigenvalue weighted by Crippen LogP contribution is -2.30. The van der Waals surface area contributed by atoms with Gasteiger partial charge in [-0.3, -0.25) is 0 Å². The summed E-state index contributed by atoms with van der Waals surface area (Å²) < 4.78 is 37.5. The van der Waals surface area contributed by atoms with Crippen molar-refractivity contribution < 1.29 is 13.2 Å². The number of alkyl halides is 4. The van der Waals surface area contributed by atoms with Gasteiger partial charge in [0.2, 0.25) is 0 Å². The highest BCUT2D eigenvalue weighted by atomic mass is 79.9. The minimum Gasteiger partial charge on any atom is -0.240 e. The normalized spacial score (nSPS) is 17.9. The van der Waals surface area contributed by atoms with Crippen LogP contribution >= 0.6 is 15.9 Å². The Bertz CT molecular complexity index is 394. The van der Waals surface area contributed by atoms with Crippen LogP contribution < -0.4 is 0 Å². The molecular formula is C7H4BrF3N4. The van der Waals surface area contributed by atoms with E-state index in [1.165, 1.54) is 0 Å². The van der Waals surface area contributed by atoms with Gasteiger partial charge in [0.15, 0.2) is 0 Å². The van der Waals surface area contributed by atoms with Gasteiger partial charge < -0.3 is 0 Å². The average Bonchev–Trinajstić information content (AvgIpc) is 2.98. The van der Waals surface area contributed by atoms with Gasteiger partial charge in [0.05, 0.1) is 10.9 Å². The molecule has 0 spiro atoms. The van der Waals surface area contributed by atoms with Crippen LogP contribution in [0, 0.1) is 0 Å². The Morgan fingerprint density at radius 1 is 1.20 bits per heavy atom. The number of hydrogen-bond acceptors (Lipinski definition) is 4. The zero-order valence-electron chi connectivity index (χ0n) is 7.16. The molecular weight excluding hydrogens is 277 g/mol. The number of halogens is 4. The van der Waals surface area contributed by atoms with E-state index in [1.54, 1.807) is 0 Å². The Labute approximate surface area is 90.8 Å². The Kier molecular flexibility index (Phi) is 2.25. The average molecular weight is 281 g/mol. The summed E-state index contributed by atoms with van der Waals surface area (Å²) in [6.45, 7) is 0. The van der Waals surface area contributed by atoms with Crippen LogP contribution in [0.2, 0.25) is 0 Å². The maximum atomic E-state index is 12.5. The van der Waals surface area contributed by atoms with Crippen LogP contribution in [-0.2, 0) is 11.0 Å². The summed E-state index contributed by atoms with van der Waals surface area (Å²) in [6.07, 6.45) is -2.33. The fourth-order valence-electron chi connectivity index (χ4n) is 1.05. The van der Waals surface area contributed by atoms with E-state index in [9.17, 15) is 13.2 Å². The summed E-state index contributed by atoms with van der Waals surface area (Å²) in [4.78, 5) is 7.48. The van der Waals surface area contributed by atoms with E-state index in [2.05, 4.69) is 36.1 Å². The van der Waals surface area contributed by atoms with Crippen molar-refractivity contribution in [2.45, 2.75) is 17.2 Å². The van der Waals surface area contributed by atoms with Gasteiger partial charge in [-0.25, -0.2) is 9.97 Å². The van der Waals surface area contributed by atoms with Crippen molar-refractivity contribution in [1.82, 2.24) is 9.97 Å². The first-order valence-corrected chi connectivity index (χ1v) is 5.00. The summed E-state index contributed by atoms with van der Waals surface area (Å²) in [5.41, 5.74) is -2.57. The molecule has 0 aromatic carbocycles. The van der Waals surface area contributed by atoms with Crippen LogP contribution in [0.25, 0.3) is 0 Å². The molecule has 0 bridgehead atoms. The first kappa shape index (κ1) is 10.5. The third kappa shape index (κ3) is 1.62. The van der Waals surface area contributed by atoms with Crippen molar-refractivity contribution in [2.75, 3.05) is 0 Å². The Balaban J connectivity index is 2.31. The van der Waals surface area contributed by atoms with Crippen molar-refractivity contribution in [1.29, 1.82) is 0 Å². The molecule has 0 radical (unpaired) electrons. The molecule has 1 aliphatic rings. The third-order valence-corrected chi connectivity index (χ3v) is 2.42. The van der Waals surface area contributed by atoms with E-state index < -0.39 is 11.8 Å². The van der Waals surface area contributed by atoms with Crippen molar-refractivity contribution in [3.8, 4) is 0 Å². The molecule has 80 valence electrons. The molecule has 0 fully saturated rings. The number of hydrogen-bond donors (Lipinski definition) is 0. The minimum absolute atomic E-state index is 0.153. The maximum Gasteiger partial charge on any atom is 0.442 e. The molecule has 0 atom stereocenters. The number of rotatable bonds is 2. The minimum atomic E-state index is -4.52. The van der Waals surface area contributed by atoms with Crippen molar-refractivity contribution in [3.63, 3.8) is 0 Å². The third-order valence-electron chi connectivity index (χ3n) is 1.92. The van der Waals surface area contributed by atoms with E-state index in [-0.39, 0.29) is 5.56 Å². The summed E-state index contributed by atoms with van der Waals surface area (Å²) in [5, 5.41) is 6.47. The van der Waals surface area contributed by atoms with E-state index >= 15 is 0 Å². The second kappa shape index (κ2) is 3.22. The van der Waals surface area contributed by atoms with Crippen LogP contribution in [0.4, 0.5) is 13.2 Å². The Morgan fingerprint density at radius 3 is 2.07 bits per heavy atom. The lowest BCUT2D eigenvalue weighted by molar-refractivity contribution is -0.166. The standard InChI is InChI=1S/C7H4BrF3N4/c8-1-5-12-2-4(3-13-5)6(14-15-6)7(9,10)11/h2-3H,1H2. The maximum absolute atomic E-state index is 12.5. The summed E-state index contributed by atoms with van der Waals surface area (Å²) in [6, 6.07) is 0. The predicted molar refractivity (Wildman–Crippen MR) is 47.3 cm³/mol. The molecule has 8 heteroatoms. The van der Waals surface area contributed by atoms with Crippen molar-refractivity contribution >= 4 is 15.9 Å². The highest BCUT2D eigenvalue weighted by Gasteiger charge is 2.65. The van der Waals surface area contributed by atoms with Crippen molar-refractivity contribution in [3.05, 3.63) is 23.8 Å². The fourth-order valence-corrected chi connectivity index (χ4v) is 1.34. The molecule has 0 unspecified atom stereocenters. The van der Waals surface area contributed by atoms with E-state index in [4.69, 9.17) is 0 Å². The van der Waals surface area contributed by atoms with Crippen molar-refractivity contribution in [2.24, 2.45) is 10.2 Å². The smallest absolute Gasteiger partial charge is 0.240 e. The van der Waals surface area contributed by atoms with E-state index in [0.717, 1.165) is 12.4 Å². The lowest BCUT2D eigenvalue weighted by Gasteiger charge is -2.13. The Morgan fingerprint density at radius 2 is 1.73 bits per heavy atom. The van der Waals surface area contributed by atoms with Gasteiger partial charge in [-0.2, -0.15) is 13.2 Å². The van der Waals surface area contributed by atoms with Crippen LogP contribution in [0.1, 0.15) is 11.4 Å². The molecule has 0 saturated carbocycles. The molecule has 2 rings (SSSR count).